The van der Waals surface area contributed by atoms with Crippen molar-refractivity contribution in [3.8, 4) is 0 Å². The molecular weight excluding hydrogens is 352 g/mol. The Labute approximate surface area is 171 Å². The van der Waals surface area contributed by atoms with Crippen molar-refractivity contribution in [1.82, 2.24) is 15.5 Å². The van der Waals surface area contributed by atoms with Crippen LogP contribution in [0.3, 0.4) is 0 Å². The fourth-order valence-electron chi connectivity index (χ4n) is 3.08. The zero-order chi connectivity index (χ0) is 20.9. The van der Waals surface area contributed by atoms with Crippen LogP contribution >= 0.6 is 0 Å². The molecule has 1 aromatic rings. The molecule has 160 valence electrons. The van der Waals surface area contributed by atoms with Gasteiger partial charge in [-0.05, 0) is 47.1 Å². The minimum atomic E-state index is -0.635. The van der Waals surface area contributed by atoms with Crippen molar-refractivity contribution >= 4 is 5.96 Å². The Morgan fingerprint density at radius 3 is 2.29 bits per heavy atom. The van der Waals surface area contributed by atoms with E-state index in [4.69, 9.17) is 4.74 Å². The van der Waals surface area contributed by atoms with Gasteiger partial charge in [-0.1, -0.05) is 30.3 Å². The molecule has 0 bridgehead atoms. The van der Waals surface area contributed by atoms with Gasteiger partial charge < -0.3 is 20.5 Å². The lowest BCUT2D eigenvalue weighted by molar-refractivity contribution is 0.00111. The van der Waals surface area contributed by atoms with Gasteiger partial charge in [-0.25, -0.2) is 0 Å². The standard InChI is InChI=1S/C22H40N4O2/c1-7-23-22(24-13-14-26(17(2)3)18(4)5)25-15-21(27)16-28-19(6)20-11-9-8-10-12-20/h8-12,17-19,21,27H,7,13-16H2,1-6H3,(H2,23,24,25). The minimum Gasteiger partial charge on any atom is -0.389 e. The largest absolute Gasteiger partial charge is 0.389 e. The Morgan fingerprint density at radius 1 is 1.07 bits per heavy atom. The number of aliphatic hydroxyl groups is 1. The van der Waals surface area contributed by atoms with Gasteiger partial charge in [0.2, 0.25) is 0 Å². The highest BCUT2D eigenvalue weighted by molar-refractivity contribution is 5.79. The van der Waals surface area contributed by atoms with Crippen LogP contribution in [0, 0.1) is 0 Å². The first-order valence-electron chi connectivity index (χ1n) is 10.5. The van der Waals surface area contributed by atoms with Crippen LogP contribution in [0.2, 0.25) is 0 Å². The average Bonchev–Trinajstić information content (AvgIpc) is 2.67. The lowest BCUT2D eigenvalue weighted by atomic mass is 10.1. The van der Waals surface area contributed by atoms with Crippen LogP contribution in [-0.4, -0.2) is 66.9 Å². The second-order valence-electron chi connectivity index (χ2n) is 7.61. The Kier molecular flexibility index (Phi) is 11.8. The molecule has 0 amide bonds. The van der Waals surface area contributed by atoms with Crippen molar-refractivity contribution < 1.29 is 9.84 Å². The lowest BCUT2D eigenvalue weighted by Gasteiger charge is -2.30. The number of rotatable bonds is 12. The summed E-state index contributed by atoms with van der Waals surface area (Å²) in [6.07, 6.45) is -0.686. The molecule has 2 atom stereocenters. The third kappa shape index (κ3) is 9.53. The number of hydrogen-bond donors (Lipinski definition) is 3. The molecule has 0 saturated heterocycles. The minimum absolute atomic E-state index is 0.0516. The number of aliphatic hydroxyl groups excluding tert-OH is 1. The Morgan fingerprint density at radius 2 is 1.71 bits per heavy atom. The molecule has 0 heterocycles. The highest BCUT2D eigenvalue weighted by Gasteiger charge is 2.13. The number of ether oxygens (including phenoxy) is 1. The van der Waals surface area contributed by atoms with Crippen LogP contribution in [0.15, 0.2) is 35.3 Å². The van der Waals surface area contributed by atoms with Crippen LogP contribution in [0.5, 0.6) is 0 Å². The van der Waals surface area contributed by atoms with E-state index in [1.54, 1.807) is 0 Å². The van der Waals surface area contributed by atoms with Crippen LogP contribution in [0.4, 0.5) is 0 Å². The van der Waals surface area contributed by atoms with Crippen molar-refractivity contribution in [1.29, 1.82) is 0 Å². The number of benzene rings is 1. The van der Waals surface area contributed by atoms with Crippen LogP contribution < -0.4 is 10.6 Å². The summed E-state index contributed by atoms with van der Waals surface area (Å²) in [4.78, 5) is 6.93. The quantitative estimate of drug-likeness (QED) is 0.377. The van der Waals surface area contributed by atoms with E-state index in [9.17, 15) is 5.11 Å². The van der Waals surface area contributed by atoms with E-state index in [-0.39, 0.29) is 12.7 Å². The van der Waals surface area contributed by atoms with Crippen molar-refractivity contribution in [2.24, 2.45) is 4.99 Å². The summed E-state index contributed by atoms with van der Waals surface area (Å²) in [5.41, 5.74) is 1.10. The molecule has 28 heavy (non-hydrogen) atoms. The Bertz CT molecular complexity index is 541. The third-order valence-corrected chi connectivity index (χ3v) is 4.60. The van der Waals surface area contributed by atoms with E-state index in [0.29, 0.717) is 18.6 Å². The molecular formula is C22H40N4O2. The number of nitrogens with zero attached hydrogens (tertiary/aromatic N) is 2. The Balaban J connectivity index is 2.43. The van der Waals surface area contributed by atoms with E-state index in [0.717, 1.165) is 31.2 Å². The number of guanidine groups is 1. The molecule has 0 spiro atoms. The number of aliphatic imine (C=N–C) groups is 1. The maximum absolute atomic E-state index is 10.2. The molecule has 0 fully saturated rings. The average molecular weight is 393 g/mol. The van der Waals surface area contributed by atoms with Gasteiger partial charge in [0.05, 0.1) is 25.4 Å². The summed E-state index contributed by atoms with van der Waals surface area (Å²) in [6.45, 7) is 16.0. The molecule has 0 aliphatic rings. The van der Waals surface area contributed by atoms with E-state index >= 15 is 0 Å². The second kappa shape index (κ2) is 13.5. The molecule has 0 aliphatic heterocycles. The second-order valence-corrected chi connectivity index (χ2v) is 7.61. The van der Waals surface area contributed by atoms with Crippen molar-refractivity contribution in [3.63, 3.8) is 0 Å². The number of nitrogens with one attached hydrogen (secondary N) is 2. The fraction of sp³-hybridized carbons (Fsp3) is 0.682. The van der Waals surface area contributed by atoms with Crippen molar-refractivity contribution in [2.45, 2.75) is 65.8 Å². The maximum Gasteiger partial charge on any atom is 0.191 e. The highest BCUT2D eigenvalue weighted by Crippen LogP contribution is 2.15. The topological polar surface area (TPSA) is 69.1 Å². The molecule has 6 heteroatoms. The van der Waals surface area contributed by atoms with Crippen LogP contribution in [0.1, 0.15) is 53.2 Å². The summed E-state index contributed by atoms with van der Waals surface area (Å²) < 4.78 is 5.78. The molecule has 1 rings (SSSR count). The first-order chi connectivity index (χ1) is 13.3. The summed E-state index contributed by atoms with van der Waals surface area (Å²) >= 11 is 0. The molecule has 0 aliphatic carbocycles. The SMILES string of the molecule is CCNC(=NCC(O)COC(C)c1ccccc1)NCCN(C(C)C)C(C)C. The molecule has 2 unspecified atom stereocenters. The third-order valence-electron chi connectivity index (χ3n) is 4.60. The van der Waals surface area contributed by atoms with Crippen LogP contribution in [0.25, 0.3) is 0 Å². The summed E-state index contributed by atoms with van der Waals surface area (Å²) in [6, 6.07) is 11.0. The Hall–Kier alpha value is -1.63. The summed E-state index contributed by atoms with van der Waals surface area (Å²) in [5, 5.41) is 16.8. The monoisotopic (exact) mass is 392 g/mol. The van der Waals surface area contributed by atoms with Crippen molar-refractivity contribution in [2.75, 3.05) is 32.8 Å². The predicted octanol–water partition coefficient (Wildman–Crippen LogP) is 2.80. The maximum atomic E-state index is 10.2. The highest BCUT2D eigenvalue weighted by atomic mass is 16.5. The van der Waals surface area contributed by atoms with Gasteiger partial charge >= 0.3 is 0 Å². The fourth-order valence-corrected chi connectivity index (χ4v) is 3.08. The first-order valence-corrected chi connectivity index (χ1v) is 10.5. The predicted molar refractivity (Wildman–Crippen MR) is 118 cm³/mol. The van der Waals surface area contributed by atoms with Gasteiger partial charge in [-0.15, -0.1) is 0 Å². The van der Waals surface area contributed by atoms with Gasteiger partial charge in [0.15, 0.2) is 5.96 Å². The van der Waals surface area contributed by atoms with E-state index in [2.05, 4.69) is 48.2 Å². The van der Waals surface area contributed by atoms with Gasteiger partial charge in [-0.2, -0.15) is 0 Å². The summed E-state index contributed by atoms with van der Waals surface area (Å²) in [5.74, 6) is 0.727. The molecule has 0 saturated carbocycles. The van der Waals surface area contributed by atoms with E-state index < -0.39 is 6.10 Å². The van der Waals surface area contributed by atoms with E-state index in [1.165, 1.54) is 0 Å². The van der Waals surface area contributed by atoms with Gasteiger partial charge in [-0.3, -0.25) is 9.89 Å². The normalized spacial score (nSPS) is 14.6. The number of hydrogen-bond acceptors (Lipinski definition) is 4. The van der Waals surface area contributed by atoms with E-state index in [1.807, 2.05) is 44.2 Å². The van der Waals surface area contributed by atoms with Gasteiger partial charge in [0.1, 0.15) is 0 Å². The molecule has 6 nitrogen and oxygen atoms in total. The first kappa shape index (κ1) is 24.4. The van der Waals surface area contributed by atoms with Gasteiger partial charge in [0.25, 0.3) is 0 Å². The molecule has 1 aromatic carbocycles. The smallest absolute Gasteiger partial charge is 0.191 e. The molecule has 3 N–H and O–H groups in total. The van der Waals surface area contributed by atoms with Gasteiger partial charge in [0, 0.05) is 31.7 Å². The van der Waals surface area contributed by atoms with Crippen LogP contribution in [-0.2, 0) is 4.74 Å². The summed E-state index contributed by atoms with van der Waals surface area (Å²) in [7, 11) is 0. The van der Waals surface area contributed by atoms with Crippen molar-refractivity contribution in [3.05, 3.63) is 35.9 Å². The molecule has 0 aromatic heterocycles. The molecule has 0 radical (unpaired) electrons. The zero-order valence-corrected chi connectivity index (χ0v) is 18.5. The lowest BCUT2D eigenvalue weighted by Crippen LogP contribution is -2.45. The zero-order valence-electron chi connectivity index (χ0n) is 18.5.